The molecular formula is C13H33N7. The number of hydrogen-bond acceptors (Lipinski definition) is 7. The number of nitrogens with two attached hydrogens (primary N) is 7. The Labute approximate surface area is 121 Å². The molecule has 0 aliphatic heterocycles. The van der Waals surface area contributed by atoms with E-state index in [0.29, 0.717) is 12.8 Å². The van der Waals surface area contributed by atoms with Crippen molar-refractivity contribution in [2.45, 2.75) is 80.8 Å². The van der Waals surface area contributed by atoms with E-state index in [9.17, 15) is 0 Å². The van der Waals surface area contributed by atoms with Crippen molar-refractivity contribution in [2.24, 2.45) is 40.1 Å². The van der Waals surface area contributed by atoms with E-state index in [1.807, 2.05) is 0 Å². The maximum Gasteiger partial charge on any atom is 0.0347 e. The van der Waals surface area contributed by atoms with Gasteiger partial charge in [-0.05, 0) is 38.5 Å². The molecule has 7 heteroatoms. The molecule has 1 fully saturated rings. The van der Waals surface area contributed by atoms with Gasteiger partial charge in [0.05, 0.1) is 0 Å². The van der Waals surface area contributed by atoms with E-state index in [1.165, 1.54) is 0 Å². The van der Waals surface area contributed by atoms with Gasteiger partial charge in [0.2, 0.25) is 0 Å². The summed E-state index contributed by atoms with van der Waals surface area (Å²) in [5.74, 6) is 0. The second-order valence-corrected chi connectivity index (χ2v) is 6.47. The highest BCUT2D eigenvalue weighted by Gasteiger charge is 2.26. The Morgan fingerprint density at radius 2 is 0.800 bits per heavy atom. The largest absolute Gasteiger partial charge is 0.328 e. The van der Waals surface area contributed by atoms with Crippen LogP contribution in [0, 0.1) is 0 Å². The molecule has 6 atom stereocenters. The zero-order valence-corrected chi connectivity index (χ0v) is 12.3. The summed E-state index contributed by atoms with van der Waals surface area (Å²) in [6.07, 6.45) is 4.43. The Morgan fingerprint density at radius 3 is 1.15 bits per heavy atom. The van der Waals surface area contributed by atoms with Crippen LogP contribution in [0.2, 0.25) is 0 Å². The van der Waals surface area contributed by atoms with Gasteiger partial charge in [-0.25, -0.2) is 0 Å². The third-order valence-electron chi connectivity index (χ3n) is 4.26. The molecule has 120 valence electrons. The maximum atomic E-state index is 6.11. The zero-order valence-electron chi connectivity index (χ0n) is 12.3. The van der Waals surface area contributed by atoms with Gasteiger partial charge in [-0.15, -0.1) is 0 Å². The molecule has 0 bridgehead atoms. The second kappa shape index (κ2) is 8.23. The van der Waals surface area contributed by atoms with Crippen LogP contribution < -0.4 is 40.1 Å². The summed E-state index contributed by atoms with van der Waals surface area (Å²) >= 11 is 0. The van der Waals surface area contributed by atoms with Crippen LogP contribution in [0.25, 0.3) is 0 Å². The van der Waals surface area contributed by atoms with Gasteiger partial charge in [0.15, 0.2) is 0 Å². The first-order valence-electron chi connectivity index (χ1n) is 7.58. The molecule has 0 aromatic carbocycles. The molecule has 20 heavy (non-hydrogen) atoms. The van der Waals surface area contributed by atoms with Gasteiger partial charge < -0.3 is 40.1 Å². The lowest BCUT2D eigenvalue weighted by Crippen LogP contribution is -2.56. The topological polar surface area (TPSA) is 182 Å². The molecule has 0 heterocycles. The predicted octanol–water partition coefficient (Wildman–Crippen LogP) is -2.37. The van der Waals surface area contributed by atoms with E-state index >= 15 is 0 Å². The summed E-state index contributed by atoms with van der Waals surface area (Å²) in [6.45, 7) is 0. The Balaban J connectivity index is 2.71. The first-order valence-corrected chi connectivity index (χ1v) is 7.58. The summed E-state index contributed by atoms with van der Waals surface area (Å²) in [5.41, 5.74) is 42.7. The lowest BCUT2D eigenvalue weighted by molar-refractivity contribution is 0.358. The van der Waals surface area contributed by atoms with Gasteiger partial charge >= 0.3 is 0 Å². The number of rotatable bonds is 0. The summed E-state index contributed by atoms with van der Waals surface area (Å²) in [5, 5.41) is 0. The molecule has 0 saturated heterocycles. The van der Waals surface area contributed by atoms with Gasteiger partial charge in [0.1, 0.15) is 0 Å². The standard InChI is InChI=1S/C13H33N7/c14-7-1-2-8(15)4-10(17)6-12(19)13(20)11(18)5-9(16)3-7/h7-13H,1-6,14-20H2. The Kier molecular flexibility index (Phi) is 7.32. The van der Waals surface area contributed by atoms with Gasteiger partial charge in [0.25, 0.3) is 0 Å². The molecule has 7 nitrogen and oxygen atoms in total. The van der Waals surface area contributed by atoms with Crippen molar-refractivity contribution in [3.63, 3.8) is 0 Å². The van der Waals surface area contributed by atoms with Crippen molar-refractivity contribution in [1.29, 1.82) is 0 Å². The third-order valence-corrected chi connectivity index (χ3v) is 4.26. The first-order chi connectivity index (χ1) is 9.29. The summed E-state index contributed by atoms with van der Waals surface area (Å²) in [4.78, 5) is 0. The van der Waals surface area contributed by atoms with Crippen LogP contribution in [0.3, 0.4) is 0 Å². The van der Waals surface area contributed by atoms with Gasteiger partial charge in [-0.3, -0.25) is 0 Å². The van der Waals surface area contributed by atoms with Crippen molar-refractivity contribution in [1.82, 2.24) is 0 Å². The molecule has 0 spiro atoms. The van der Waals surface area contributed by atoms with Crippen molar-refractivity contribution < 1.29 is 0 Å². The third kappa shape index (κ3) is 6.01. The highest BCUT2D eigenvalue weighted by atomic mass is 14.9. The fourth-order valence-electron chi connectivity index (χ4n) is 2.96. The molecule has 0 amide bonds. The van der Waals surface area contributed by atoms with E-state index in [-0.39, 0.29) is 42.3 Å². The van der Waals surface area contributed by atoms with Crippen LogP contribution >= 0.6 is 0 Å². The highest BCUT2D eigenvalue weighted by molar-refractivity contribution is 4.91. The quantitative estimate of drug-likeness (QED) is 0.260. The fourth-order valence-corrected chi connectivity index (χ4v) is 2.96. The van der Waals surface area contributed by atoms with Crippen molar-refractivity contribution >= 4 is 0 Å². The molecule has 14 N–H and O–H groups in total. The number of hydrogen-bond donors (Lipinski definition) is 7. The second-order valence-electron chi connectivity index (χ2n) is 6.47. The van der Waals surface area contributed by atoms with Crippen LogP contribution in [0.5, 0.6) is 0 Å². The Morgan fingerprint density at radius 1 is 0.450 bits per heavy atom. The molecule has 0 aromatic rings. The molecular weight excluding hydrogens is 254 g/mol. The molecule has 1 saturated carbocycles. The van der Waals surface area contributed by atoms with Crippen LogP contribution in [0.1, 0.15) is 38.5 Å². The lowest BCUT2D eigenvalue weighted by atomic mass is 9.90. The van der Waals surface area contributed by atoms with E-state index < -0.39 is 0 Å². The van der Waals surface area contributed by atoms with Crippen LogP contribution in [-0.4, -0.2) is 42.3 Å². The lowest BCUT2D eigenvalue weighted by Gasteiger charge is -2.29. The average molecular weight is 287 g/mol. The molecule has 1 aliphatic carbocycles. The average Bonchev–Trinajstić information content (AvgIpc) is 2.34. The van der Waals surface area contributed by atoms with Crippen molar-refractivity contribution in [2.75, 3.05) is 0 Å². The van der Waals surface area contributed by atoms with Crippen molar-refractivity contribution in [3.8, 4) is 0 Å². The molecule has 1 rings (SSSR count). The van der Waals surface area contributed by atoms with Gasteiger partial charge in [-0.2, -0.15) is 0 Å². The maximum absolute atomic E-state index is 6.11. The Hall–Kier alpha value is -0.280. The van der Waals surface area contributed by atoms with E-state index in [2.05, 4.69) is 0 Å². The molecule has 0 radical (unpaired) electrons. The minimum Gasteiger partial charge on any atom is -0.328 e. The normalized spacial score (nSPS) is 46.0. The van der Waals surface area contributed by atoms with Crippen LogP contribution in [0.15, 0.2) is 0 Å². The van der Waals surface area contributed by atoms with Gasteiger partial charge in [0, 0.05) is 42.3 Å². The SMILES string of the molecule is NC1CCC(N)CC(N)CC(N)C(N)C(N)CC(N)C1. The summed E-state index contributed by atoms with van der Waals surface area (Å²) < 4.78 is 0. The smallest absolute Gasteiger partial charge is 0.0347 e. The molecule has 0 aromatic heterocycles. The predicted molar refractivity (Wildman–Crippen MR) is 83.5 cm³/mol. The molecule has 1 aliphatic rings. The van der Waals surface area contributed by atoms with Crippen molar-refractivity contribution in [3.05, 3.63) is 0 Å². The zero-order chi connectivity index (χ0) is 15.3. The first kappa shape index (κ1) is 17.8. The minimum atomic E-state index is -0.305. The van der Waals surface area contributed by atoms with Crippen LogP contribution in [0.4, 0.5) is 0 Å². The fraction of sp³-hybridized carbons (Fsp3) is 1.00. The Bertz CT molecular complexity index is 249. The van der Waals surface area contributed by atoms with E-state index in [0.717, 1.165) is 25.7 Å². The molecule has 6 unspecified atom stereocenters. The van der Waals surface area contributed by atoms with Gasteiger partial charge in [-0.1, -0.05) is 0 Å². The monoisotopic (exact) mass is 287 g/mol. The van der Waals surface area contributed by atoms with Crippen LogP contribution in [-0.2, 0) is 0 Å². The van der Waals surface area contributed by atoms with E-state index in [4.69, 9.17) is 40.1 Å². The summed E-state index contributed by atoms with van der Waals surface area (Å²) in [7, 11) is 0. The minimum absolute atomic E-state index is 0.0464. The highest BCUT2D eigenvalue weighted by Crippen LogP contribution is 2.14. The summed E-state index contributed by atoms with van der Waals surface area (Å²) in [6, 6.07) is -0.772. The van der Waals surface area contributed by atoms with E-state index in [1.54, 1.807) is 0 Å².